The van der Waals surface area contributed by atoms with Crippen LogP contribution in [0.1, 0.15) is 23.6 Å². The summed E-state index contributed by atoms with van der Waals surface area (Å²) in [4.78, 5) is 0. The van der Waals surface area contributed by atoms with Crippen LogP contribution >= 0.6 is 11.6 Å². The average molecular weight is 274 g/mol. The first kappa shape index (κ1) is 14.1. The Morgan fingerprint density at radius 2 is 1.84 bits per heavy atom. The first-order chi connectivity index (χ1) is 9.11. The summed E-state index contributed by atoms with van der Waals surface area (Å²) in [6.07, 6.45) is 0. The molecule has 0 aliphatic rings. The lowest BCUT2D eigenvalue weighted by molar-refractivity contribution is 0.727. The molecule has 0 radical (unpaired) electrons. The van der Waals surface area contributed by atoms with Crippen LogP contribution in [0.25, 0.3) is 11.1 Å². The molecule has 0 atom stereocenters. The molecule has 1 N–H and O–H groups in total. The Kier molecular flexibility index (Phi) is 4.62. The van der Waals surface area contributed by atoms with Crippen LogP contribution < -0.4 is 5.32 Å². The van der Waals surface area contributed by atoms with Gasteiger partial charge in [0.25, 0.3) is 0 Å². The van der Waals surface area contributed by atoms with Gasteiger partial charge in [-0.15, -0.1) is 0 Å². The zero-order valence-electron chi connectivity index (χ0n) is 11.8. The van der Waals surface area contributed by atoms with Crippen LogP contribution in [0.15, 0.2) is 36.4 Å². The molecule has 2 aromatic rings. The Balaban J connectivity index is 2.38. The van der Waals surface area contributed by atoms with Gasteiger partial charge in [-0.1, -0.05) is 36.7 Å². The van der Waals surface area contributed by atoms with Gasteiger partial charge in [-0.3, -0.25) is 0 Å². The summed E-state index contributed by atoms with van der Waals surface area (Å²) in [7, 11) is 0. The van der Waals surface area contributed by atoms with Gasteiger partial charge >= 0.3 is 0 Å². The first-order valence-electron chi connectivity index (χ1n) is 6.68. The summed E-state index contributed by atoms with van der Waals surface area (Å²) >= 11 is 6.16. The molecule has 2 rings (SSSR count). The lowest BCUT2D eigenvalue weighted by Crippen LogP contribution is -2.11. The van der Waals surface area contributed by atoms with Gasteiger partial charge in [-0.2, -0.15) is 0 Å². The van der Waals surface area contributed by atoms with Crippen LogP contribution in [0.5, 0.6) is 0 Å². The van der Waals surface area contributed by atoms with Gasteiger partial charge < -0.3 is 5.32 Å². The van der Waals surface area contributed by atoms with Crippen LogP contribution in [0.3, 0.4) is 0 Å². The van der Waals surface area contributed by atoms with E-state index in [1.165, 1.54) is 22.3 Å². The zero-order valence-corrected chi connectivity index (χ0v) is 12.5. The number of halogens is 1. The zero-order chi connectivity index (χ0) is 13.8. The van der Waals surface area contributed by atoms with E-state index in [0.29, 0.717) is 0 Å². The Morgan fingerprint density at radius 1 is 1.05 bits per heavy atom. The molecule has 0 aliphatic heterocycles. The molecule has 0 bridgehead atoms. The van der Waals surface area contributed by atoms with Gasteiger partial charge in [-0.25, -0.2) is 0 Å². The number of aryl methyl sites for hydroxylation is 2. The molecule has 0 unspecified atom stereocenters. The van der Waals surface area contributed by atoms with Crippen molar-refractivity contribution in [1.29, 1.82) is 0 Å². The maximum atomic E-state index is 6.16. The van der Waals surface area contributed by atoms with Gasteiger partial charge in [-0.05, 0) is 66.4 Å². The highest BCUT2D eigenvalue weighted by atomic mass is 35.5. The minimum atomic E-state index is 0.838. The van der Waals surface area contributed by atoms with Crippen LogP contribution in [0.4, 0.5) is 0 Å². The van der Waals surface area contributed by atoms with Crippen molar-refractivity contribution >= 4 is 11.6 Å². The number of benzene rings is 2. The summed E-state index contributed by atoms with van der Waals surface area (Å²) in [5, 5.41) is 4.20. The maximum absolute atomic E-state index is 6.16. The fraction of sp³-hybridized carbons (Fsp3) is 0.294. The highest BCUT2D eigenvalue weighted by Crippen LogP contribution is 2.29. The average Bonchev–Trinajstić information content (AvgIpc) is 2.41. The Bertz CT molecular complexity index is 575. The van der Waals surface area contributed by atoms with E-state index in [-0.39, 0.29) is 0 Å². The maximum Gasteiger partial charge on any atom is 0.0438 e. The quantitative estimate of drug-likeness (QED) is 0.849. The SMILES string of the molecule is CCNCc1cccc(-c2cc(C)c(Cl)cc2C)c1. The summed E-state index contributed by atoms with van der Waals surface area (Å²) in [5.41, 5.74) is 6.18. The molecule has 19 heavy (non-hydrogen) atoms. The summed E-state index contributed by atoms with van der Waals surface area (Å²) in [6, 6.07) is 12.9. The van der Waals surface area contributed by atoms with Crippen LogP contribution in [0, 0.1) is 13.8 Å². The van der Waals surface area contributed by atoms with Crippen molar-refractivity contribution in [3.63, 3.8) is 0 Å². The Hall–Kier alpha value is -1.31. The molecular weight excluding hydrogens is 254 g/mol. The molecule has 0 aliphatic carbocycles. The Morgan fingerprint density at radius 3 is 2.58 bits per heavy atom. The lowest BCUT2D eigenvalue weighted by atomic mass is 9.97. The number of hydrogen-bond donors (Lipinski definition) is 1. The first-order valence-corrected chi connectivity index (χ1v) is 7.06. The van der Waals surface area contributed by atoms with Crippen molar-refractivity contribution in [3.05, 3.63) is 58.1 Å². The third-order valence-electron chi connectivity index (χ3n) is 3.32. The second kappa shape index (κ2) is 6.23. The summed E-state index contributed by atoms with van der Waals surface area (Å²) in [5.74, 6) is 0. The van der Waals surface area contributed by atoms with E-state index >= 15 is 0 Å². The largest absolute Gasteiger partial charge is 0.313 e. The van der Waals surface area contributed by atoms with Gasteiger partial charge in [0.15, 0.2) is 0 Å². The van der Waals surface area contributed by atoms with E-state index in [4.69, 9.17) is 11.6 Å². The third kappa shape index (κ3) is 3.37. The fourth-order valence-corrected chi connectivity index (χ4v) is 2.43. The smallest absolute Gasteiger partial charge is 0.0438 e. The van der Waals surface area contributed by atoms with Crippen molar-refractivity contribution in [2.45, 2.75) is 27.3 Å². The van der Waals surface area contributed by atoms with E-state index in [9.17, 15) is 0 Å². The van der Waals surface area contributed by atoms with Gasteiger partial charge in [0.1, 0.15) is 0 Å². The predicted octanol–water partition coefficient (Wildman–Crippen LogP) is 4.73. The number of nitrogens with one attached hydrogen (secondary N) is 1. The molecule has 1 nitrogen and oxygen atoms in total. The van der Waals surface area contributed by atoms with Gasteiger partial charge in [0.2, 0.25) is 0 Å². The second-order valence-electron chi connectivity index (χ2n) is 4.90. The molecular formula is C17H20ClN. The molecule has 2 aromatic carbocycles. The molecule has 0 heterocycles. The van der Waals surface area contributed by atoms with Crippen molar-refractivity contribution in [2.75, 3.05) is 6.54 Å². The molecule has 0 fully saturated rings. The number of hydrogen-bond acceptors (Lipinski definition) is 1. The molecule has 0 saturated heterocycles. The predicted molar refractivity (Wildman–Crippen MR) is 83.7 cm³/mol. The van der Waals surface area contributed by atoms with Crippen molar-refractivity contribution in [2.24, 2.45) is 0 Å². The highest BCUT2D eigenvalue weighted by Gasteiger charge is 2.06. The van der Waals surface area contributed by atoms with E-state index in [0.717, 1.165) is 23.7 Å². The molecule has 0 aromatic heterocycles. The molecule has 0 saturated carbocycles. The Labute approximate surface area is 120 Å². The standard InChI is InChI=1S/C17H20ClN/c1-4-19-11-14-6-5-7-15(10-14)16-8-13(3)17(18)9-12(16)2/h5-10,19H,4,11H2,1-3H3. The van der Waals surface area contributed by atoms with E-state index < -0.39 is 0 Å². The van der Waals surface area contributed by atoms with Crippen molar-refractivity contribution in [1.82, 2.24) is 5.32 Å². The highest BCUT2D eigenvalue weighted by molar-refractivity contribution is 6.31. The monoisotopic (exact) mass is 273 g/mol. The fourth-order valence-electron chi connectivity index (χ4n) is 2.21. The second-order valence-corrected chi connectivity index (χ2v) is 5.30. The lowest BCUT2D eigenvalue weighted by Gasteiger charge is -2.11. The molecule has 0 spiro atoms. The van der Waals surface area contributed by atoms with Gasteiger partial charge in [0.05, 0.1) is 0 Å². The minimum Gasteiger partial charge on any atom is -0.313 e. The van der Waals surface area contributed by atoms with Gasteiger partial charge in [0, 0.05) is 11.6 Å². The molecule has 2 heteroatoms. The van der Waals surface area contributed by atoms with E-state index in [1.807, 2.05) is 13.0 Å². The summed E-state index contributed by atoms with van der Waals surface area (Å²) in [6.45, 7) is 8.18. The van der Waals surface area contributed by atoms with Crippen molar-refractivity contribution < 1.29 is 0 Å². The van der Waals surface area contributed by atoms with Crippen LogP contribution in [0.2, 0.25) is 5.02 Å². The van der Waals surface area contributed by atoms with Crippen LogP contribution in [-0.2, 0) is 6.54 Å². The molecule has 0 amide bonds. The normalized spacial score (nSPS) is 10.7. The van der Waals surface area contributed by atoms with E-state index in [2.05, 4.69) is 49.5 Å². The number of rotatable bonds is 4. The topological polar surface area (TPSA) is 12.0 Å². The van der Waals surface area contributed by atoms with Crippen LogP contribution in [-0.4, -0.2) is 6.54 Å². The minimum absolute atomic E-state index is 0.838. The van der Waals surface area contributed by atoms with E-state index in [1.54, 1.807) is 0 Å². The third-order valence-corrected chi connectivity index (χ3v) is 3.73. The van der Waals surface area contributed by atoms with Crippen molar-refractivity contribution in [3.8, 4) is 11.1 Å². The summed E-state index contributed by atoms with van der Waals surface area (Å²) < 4.78 is 0. The molecule has 100 valence electrons.